The van der Waals surface area contributed by atoms with Crippen molar-refractivity contribution in [3.8, 4) is 0 Å². The number of hydrogen-bond donors (Lipinski definition) is 0. The summed E-state index contributed by atoms with van der Waals surface area (Å²) in [6.07, 6.45) is 2.01. The van der Waals surface area contributed by atoms with E-state index in [1.807, 2.05) is 6.92 Å². The largest absolute Gasteiger partial charge is 0.363 e. The molecule has 0 N–H and O–H groups in total. The highest BCUT2D eigenvalue weighted by Crippen LogP contribution is 2.30. The molecule has 1 amide bonds. The average molecular weight is 336 g/mol. The molecule has 0 bridgehead atoms. The zero-order valence-corrected chi connectivity index (χ0v) is 12.6. The maximum Gasteiger partial charge on any atom is 0.222 e. The van der Waals surface area contributed by atoms with Crippen LogP contribution in [0.5, 0.6) is 0 Å². The normalized spacial score (nSPS) is 15.2. The Kier molecular flexibility index (Phi) is 5.43. The van der Waals surface area contributed by atoms with E-state index in [-0.39, 0.29) is 32.1 Å². The molecule has 128 valence electrons. The van der Waals surface area contributed by atoms with Crippen LogP contribution in [0.15, 0.2) is 0 Å². The van der Waals surface area contributed by atoms with Crippen LogP contribution >= 0.6 is 0 Å². The molecule has 0 radical (unpaired) electrons. The number of halogens is 5. The lowest BCUT2D eigenvalue weighted by Crippen LogP contribution is -2.49. The summed E-state index contributed by atoms with van der Waals surface area (Å²) in [5.74, 6) is -9.83. The van der Waals surface area contributed by atoms with E-state index in [1.165, 1.54) is 4.90 Å². The van der Waals surface area contributed by atoms with E-state index in [1.54, 1.807) is 0 Å². The van der Waals surface area contributed by atoms with E-state index < -0.39 is 34.8 Å². The number of piperazine rings is 1. The Morgan fingerprint density at radius 1 is 0.870 bits per heavy atom. The molecule has 8 heteroatoms. The summed E-state index contributed by atoms with van der Waals surface area (Å²) < 4.78 is 67.1. The quantitative estimate of drug-likeness (QED) is 0.479. The van der Waals surface area contributed by atoms with Crippen LogP contribution in [0.25, 0.3) is 0 Å². The number of benzene rings is 1. The van der Waals surface area contributed by atoms with Gasteiger partial charge in [0.25, 0.3) is 0 Å². The summed E-state index contributed by atoms with van der Waals surface area (Å²) in [5.41, 5.74) is -0.929. The first-order valence-electron chi connectivity index (χ1n) is 7.42. The Morgan fingerprint density at radius 2 is 1.35 bits per heavy atom. The van der Waals surface area contributed by atoms with Gasteiger partial charge in [-0.3, -0.25) is 4.79 Å². The van der Waals surface area contributed by atoms with Crippen LogP contribution < -0.4 is 4.90 Å². The van der Waals surface area contributed by atoms with E-state index in [4.69, 9.17) is 0 Å². The van der Waals surface area contributed by atoms with Crippen LogP contribution in [-0.2, 0) is 4.79 Å². The Hall–Kier alpha value is -1.86. The second-order valence-corrected chi connectivity index (χ2v) is 5.39. The van der Waals surface area contributed by atoms with Gasteiger partial charge in [-0.05, 0) is 6.42 Å². The van der Waals surface area contributed by atoms with E-state index in [2.05, 4.69) is 0 Å². The van der Waals surface area contributed by atoms with Gasteiger partial charge in [0.15, 0.2) is 23.3 Å². The van der Waals surface area contributed by atoms with Crippen LogP contribution in [-0.4, -0.2) is 37.0 Å². The molecule has 23 heavy (non-hydrogen) atoms. The number of anilines is 1. The molecule has 0 aliphatic carbocycles. The number of rotatable bonds is 4. The zero-order valence-electron chi connectivity index (χ0n) is 12.6. The maximum absolute atomic E-state index is 13.8. The molecule has 0 atom stereocenters. The van der Waals surface area contributed by atoms with Gasteiger partial charge in [0, 0.05) is 32.6 Å². The highest BCUT2D eigenvalue weighted by atomic mass is 19.2. The molecule has 2 rings (SSSR count). The fourth-order valence-electron chi connectivity index (χ4n) is 2.54. The highest BCUT2D eigenvalue weighted by Gasteiger charge is 2.31. The van der Waals surface area contributed by atoms with Gasteiger partial charge in [0.1, 0.15) is 5.69 Å². The lowest BCUT2D eigenvalue weighted by molar-refractivity contribution is -0.131. The number of amides is 1. The molecule has 1 heterocycles. The average Bonchev–Trinajstić information content (AvgIpc) is 2.57. The first-order chi connectivity index (χ1) is 10.9. The SMILES string of the molecule is CCCCC(=O)N1CCN(c2c(F)c(F)c(F)c(F)c2F)CC1. The predicted molar refractivity (Wildman–Crippen MR) is 74.6 cm³/mol. The van der Waals surface area contributed by atoms with Gasteiger partial charge in [-0.25, -0.2) is 22.0 Å². The van der Waals surface area contributed by atoms with Crippen molar-refractivity contribution < 1.29 is 26.7 Å². The topological polar surface area (TPSA) is 23.6 Å². The van der Waals surface area contributed by atoms with Crippen molar-refractivity contribution in [2.75, 3.05) is 31.1 Å². The summed E-state index contributed by atoms with van der Waals surface area (Å²) in [5, 5.41) is 0. The number of unbranched alkanes of at least 4 members (excludes halogenated alkanes) is 1. The van der Waals surface area contributed by atoms with Crippen molar-refractivity contribution in [2.24, 2.45) is 0 Å². The Morgan fingerprint density at radius 3 is 1.83 bits per heavy atom. The molecule has 1 saturated heterocycles. The molecule has 1 fully saturated rings. The van der Waals surface area contributed by atoms with Crippen LogP contribution in [0.1, 0.15) is 26.2 Å². The summed E-state index contributed by atoms with van der Waals surface area (Å²) in [4.78, 5) is 14.5. The van der Waals surface area contributed by atoms with Gasteiger partial charge >= 0.3 is 0 Å². The monoisotopic (exact) mass is 336 g/mol. The summed E-state index contributed by atoms with van der Waals surface area (Å²) in [6.45, 7) is 2.34. The van der Waals surface area contributed by atoms with Crippen molar-refractivity contribution in [1.29, 1.82) is 0 Å². The van der Waals surface area contributed by atoms with Gasteiger partial charge in [-0.2, -0.15) is 0 Å². The molecule has 1 aromatic carbocycles. The van der Waals surface area contributed by atoms with Crippen molar-refractivity contribution in [2.45, 2.75) is 26.2 Å². The standard InChI is InChI=1S/C15H17F5N2O/c1-2-3-4-9(23)21-5-7-22(8-6-21)15-13(19)11(17)10(16)12(18)14(15)20/h2-8H2,1H3. The van der Waals surface area contributed by atoms with Crippen LogP contribution in [0.3, 0.4) is 0 Å². The molecule has 0 spiro atoms. The van der Waals surface area contributed by atoms with Crippen molar-refractivity contribution in [3.05, 3.63) is 29.1 Å². The molecule has 1 aliphatic heterocycles. The predicted octanol–water partition coefficient (Wildman–Crippen LogP) is 3.22. The highest BCUT2D eigenvalue weighted by molar-refractivity contribution is 5.76. The molecule has 0 aromatic heterocycles. The fourth-order valence-corrected chi connectivity index (χ4v) is 2.54. The minimum Gasteiger partial charge on any atom is -0.363 e. The third-order valence-electron chi connectivity index (χ3n) is 3.88. The molecular formula is C15H17F5N2O. The van der Waals surface area contributed by atoms with Gasteiger partial charge in [0.2, 0.25) is 11.7 Å². The summed E-state index contributed by atoms with van der Waals surface area (Å²) >= 11 is 0. The minimum atomic E-state index is -2.17. The summed E-state index contributed by atoms with van der Waals surface area (Å²) in [7, 11) is 0. The van der Waals surface area contributed by atoms with Crippen molar-refractivity contribution in [1.82, 2.24) is 4.90 Å². The van der Waals surface area contributed by atoms with E-state index in [0.29, 0.717) is 6.42 Å². The van der Waals surface area contributed by atoms with E-state index in [0.717, 1.165) is 17.7 Å². The molecular weight excluding hydrogens is 319 g/mol. The maximum atomic E-state index is 13.8. The third-order valence-corrected chi connectivity index (χ3v) is 3.88. The number of nitrogens with zero attached hydrogens (tertiary/aromatic N) is 2. The number of carbonyl (C=O) groups excluding carboxylic acids is 1. The van der Waals surface area contributed by atoms with Crippen LogP contribution in [0.2, 0.25) is 0 Å². The summed E-state index contributed by atoms with van der Waals surface area (Å²) in [6, 6.07) is 0. The van der Waals surface area contributed by atoms with E-state index >= 15 is 0 Å². The molecule has 1 aromatic rings. The molecule has 0 saturated carbocycles. The fraction of sp³-hybridized carbons (Fsp3) is 0.533. The first kappa shape index (κ1) is 17.5. The Labute approximate surface area is 130 Å². The second-order valence-electron chi connectivity index (χ2n) is 5.39. The Balaban J connectivity index is 2.13. The first-order valence-corrected chi connectivity index (χ1v) is 7.42. The zero-order chi connectivity index (χ0) is 17.1. The lowest BCUT2D eigenvalue weighted by Gasteiger charge is -2.36. The molecule has 1 aliphatic rings. The van der Waals surface area contributed by atoms with Crippen molar-refractivity contribution in [3.63, 3.8) is 0 Å². The van der Waals surface area contributed by atoms with Crippen molar-refractivity contribution >= 4 is 11.6 Å². The number of carbonyl (C=O) groups is 1. The van der Waals surface area contributed by atoms with Gasteiger partial charge in [0.05, 0.1) is 0 Å². The van der Waals surface area contributed by atoms with Gasteiger partial charge < -0.3 is 9.80 Å². The second kappa shape index (κ2) is 7.14. The van der Waals surface area contributed by atoms with E-state index in [9.17, 15) is 26.7 Å². The van der Waals surface area contributed by atoms with Crippen LogP contribution in [0, 0.1) is 29.1 Å². The van der Waals surface area contributed by atoms with Gasteiger partial charge in [-0.1, -0.05) is 13.3 Å². The van der Waals surface area contributed by atoms with Crippen LogP contribution in [0.4, 0.5) is 27.6 Å². The smallest absolute Gasteiger partial charge is 0.222 e. The third kappa shape index (κ3) is 3.40. The minimum absolute atomic E-state index is 0.0101. The lowest BCUT2D eigenvalue weighted by atomic mass is 10.2. The molecule has 0 unspecified atom stereocenters. The Bertz CT molecular complexity index is 571. The van der Waals surface area contributed by atoms with Gasteiger partial charge in [-0.15, -0.1) is 0 Å². The number of hydrogen-bond acceptors (Lipinski definition) is 2. The molecule has 3 nitrogen and oxygen atoms in total.